The number of hydrogen-bond acceptors (Lipinski definition) is 3. The molecule has 3 heterocycles. The van der Waals surface area contributed by atoms with Crippen molar-refractivity contribution < 1.29 is 9.50 Å². The Morgan fingerprint density at radius 3 is 2.73 bits per heavy atom. The molecule has 30 heavy (non-hydrogen) atoms. The molecule has 2 aliphatic rings. The third-order valence-electron chi connectivity index (χ3n) is 7.00. The lowest BCUT2D eigenvalue weighted by atomic mass is 9.58. The van der Waals surface area contributed by atoms with Crippen LogP contribution in [0.3, 0.4) is 0 Å². The van der Waals surface area contributed by atoms with Crippen LogP contribution >= 0.6 is 22.9 Å². The number of fused-ring (bicyclic) bond motifs is 2. The zero-order chi connectivity index (χ0) is 21.1. The maximum absolute atomic E-state index is 13.4. The quantitative estimate of drug-likeness (QED) is 0.501. The molecule has 1 aliphatic heterocycles. The average molecular weight is 443 g/mol. The van der Waals surface area contributed by atoms with Gasteiger partial charge in [0, 0.05) is 28.3 Å². The predicted molar refractivity (Wildman–Crippen MR) is 120 cm³/mol. The summed E-state index contributed by atoms with van der Waals surface area (Å²) in [5, 5.41) is 11.6. The Morgan fingerprint density at radius 2 is 2.03 bits per heavy atom. The second kappa shape index (κ2) is 7.04. The standard InChI is InChI=1S/C24H24ClFN2OS/c1-23-13-28-14-27-22(15-6-8-17(26)9-7-15)18(28)12-16(23)4-3-5-19(23)24(2,29)20-10-11-21(25)30-20/h6-12,14,19,29H,3-5,13H2,1-2H3/t19-,23-,24-/m0/s1. The largest absolute Gasteiger partial charge is 0.384 e. The predicted octanol–water partition coefficient (Wildman–Crippen LogP) is 6.52. The van der Waals surface area contributed by atoms with E-state index in [9.17, 15) is 9.50 Å². The lowest BCUT2D eigenvalue weighted by molar-refractivity contribution is -0.0687. The third-order valence-corrected chi connectivity index (χ3v) is 8.46. The van der Waals surface area contributed by atoms with Gasteiger partial charge in [0.1, 0.15) is 5.82 Å². The highest BCUT2D eigenvalue weighted by Crippen LogP contribution is 2.56. The van der Waals surface area contributed by atoms with Crippen LogP contribution in [-0.2, 0) is 12.1 Å². The summed E-state index contributed by atoms with van der Waals surface area (Å²) in [4.78, 5) is 5.57. The Morgan fingerprint density at radius 1 is 1.27 bits per heavy atom. The average Bonchev–Trinajstić information content (AvgIpc) is 3.32. The van der Waals surface area contributed by atoms with Gasteiger partial charge in [-0.25, -0.2) is 9.37 Å². The molecule has 3 nitrogen and oxygen atoms in total. The van der Waals surface area contributed by atoms with Gasteiger partial charge in [-0.1, -0.05) is 24.1 Å². The number of imidazole rings is 1. The Labute approximate surface area is 184 Å². The Hall–Kier alpha value is -1.95. The molecule has 5 rings (SSSR count). The number of thiophene rings is 1. The van der Waals surface area contributed by atoms with Crippen molar-refractivity contribution in [3.63, 3.8) is 0 Å². The maximum Gasteiger partial charge on any atom is 0.123 e. The van der Waals surface area contributed by atoms with Crippen molar-refractivity contribution in [2.45, 2.75) is 45.3 Å². The van der Waals surface area contributed by atoms with Crippen molar-refractivity contribution in [3.05, 3.63) is 69.0 Å². The van der Waals surface area contributed by atoms with Crippen molar-refractivity contribution in [2.24, 2.45) is 11.3 Å². The minimum Gasteiger partial charge on any atom is -0.384 e. The second-order valence-corrected chi connectivity index (χ2v) is 10.6. The first kappa shape index (κ1) is 20.0. The maximum atomic E-state index is 13.4. The van der Waals surface area contributed by atoms with Crippen LogP contribution < -0.4 is 0 Å². The Kier molecular flexibility index (Phi) is 4.69. The molecular weight excluding hydrogens is 419 g/mol. The lowest BCUT2D eigenvalue weighted by Gasteiger charge is -2.51. The molecule has 2 aromatic heterocycles. The summed E-state index contributed by atoms with van der Waals surface area (Å²) in [6.07, 6.45) is 7.14. The normalized spacial score (nSPS) is 25.2. The monoisotopic (exact) mass is 442 g/mol. The van der Waals surface area contributed by atoms with E-state index >= 15 is 0 Å². The summed E-state index contributed by atoms with van der Waals surface area (Å²) in [6.45, 7) is 4.97. The van der Waals surface area contributed by atoms with E-state index in [0.717, 1.165) is 47.6 Å². The number of rotatable bonds is 3. The van der Waals surface area contributed by atoms with E-state index in [2.05, 4.69) is 22.6 Å². The molecule has 156 valence electrons. The fourth-order valence-electron chi connectivity index (χ4n) is 5.45. The molecule has 1 aliphatic carbocycles. The van der Waals surface area contributed by atoms with Gasteiger partial charge in [-0.2, -0.15) is 0 Å². The highest BCUT2D eigenvalue weighted by atomic mass is 35.5. The number of aliphatic hydroxyl groups is 1. The summed E-state index contributed by atoms with van der Waals surface area (Å²) in [5.41, 5.74) is 3.09. The van der Waals surface area contributed by atoms with Crippen LogP contribution in [0.2, 0.25) is 4.34 Å². The first-order valence-corrected chi connectivity index (χ1v) is 11.5. The number of halogens is 2. The molecule has 1 aromatic carbocycles. The highest BCUT2D eigenvalue weighted by Gasteiger charge is 2.51. The number of allylic oxidation sites excluding steroid dienone is 1. The Balaban J connectivity index is 1.56. The summed E-state index contributed by atoms with van der Waals surface area (Å²) >= 11 is 7.64. The smallest absolute Gasteiger partial charge is 0.123 e. The number of benzene rings is 1. The molecule has 3 atom stereocenters. The van der Waals surface area contributed by atoms with E-state index in [1.54, 1.807) is 12.1 Å². The van der Waals surface area contributed by atoms with Gasteiger partial charge in [-0.3, -0.25) is 0 Å². The van der Waals surface area contributed by atoms with Gasteiger partial charge >= 0.3 is 0 Å². The van der Waals surface area contributed by atoms with Crippen LogP contribution in [0.4, 0.5) is 4.39 Å². The van der Waals surface area contributed by atoms with Crippen LogP contribution in [0.1, 0.15) is 43.7 Å². The van der Waals surface area contributed by atoms with Gasteiger partial charge in [0.25, 0.3) is 0 Å². The minimum atomic E-state index is -0.954. The minimum absolute atomic E-state index is 0.0736. The van der Waals surface area contributed by atoms with Gasteiger partial charge in [-0.15, -0.1) is 11.3 Å². The van der Waals surface area contributed by atoms with Crippen molar-refractivity contribution in [1.82, 2.24) is 9.55 Å². The van der Waals surface area contributed by atoms with Crippen LogP contribution in [0, 0.1) is 17.2 Å². The number of nitrogens with zero attached hydrogens (tertiary/aromatic N) is 2. The molecule has 0 amide bonds. The molecule has 1 fully saturated rings. The van der Waals surface area contributed by atoms with Crippen LogP contribution in [0.25, 0.3) is 17.3 Å². The molecule has 0 bridgehead atoms. The van der Waals surface area contributed by atoms with Gasteiger partial charge < -0.3 is 9.67 Å². The third kappa shape index (κ3) is 3.06. The fraction of sp³-hybridized carbons (Fsp3) is 0.375. The topological polar surface area (TPSA) is 38.0 Å². The fourth-order valence-corrected chi connectivity index (χ4v) is 6.59. The zero-order valence-electron chi connectivity index (χ0n) is 17.0. The number of aromatic nitrogens is 2. The molecule has 0 saturated heterocycles. The van der Waals surface area contributed by atoms with Crippen molar-refractivity contribution in [1.29, 1.82) is 0 Å². The van der Waals surface area contributed by atoms with E-state index in [0.29, 0.717) is 4.34 Å². The molecule has 3 aromatic rings. The van der Waals surface area contributed by atoms with Crippen molar-refractivity contribution >= 4 is 29.0 Å². The summed E-state index contributed by atoms with van der Waals surface area (Å²) in [6, 6.07) is 10.3. The second-order valence-electron chi connectivity index (χ2n) is 8.90. The summed E-state index contributed by atoms with van der Waals surface area (Å²) in [7, 11) is 0. The van der Waals surface area contributed by atoms with E-state index < -0.39 is 5.60 Å². The van der Waals surface area contributed by atoms with Gasteiger partial charge in [0.2, 0.25) is 0 Å². The van der Waals surface area contributed by atoms with Crippen molar-refractivity contribution in [3.8, 4) is 11.3 Å². The molecule has 6 heteroatoms. The van der Waals surface area contributed by atoms with Crippen LogP contribution in [0.15, 0.2) is 48.3 Å². The summed E-state index contributed by atoms with van der Waals surface area (Å²) in [5.74, 6) is -0.173. The van der Waals surface area contributed by atoms with E-state index in [-0.39, 0.29) is 17.2 Å². The van der Waals surface area contributed by atoms with Gasteiger partial charge in [0.05, 0.1) is 27.7 Å². The Bertz CT molecular complexity index is 1130. The first-order valence-electron chi connectivity index (χ1n) is 10.3. The molecule has 0 unspecified atom stereocenters. The molecule has 0 spiro atoms. The summed E-state index contributed by atoms with van der Waals surface area (Å²) < 4.78 is 16.2. The van der Waals surface area contributed by atoms with E-state index in [1.807, 2.05) is 25.4 Å². The van der Waals surface area contributed by atoms with Crippen LogP contribution in [0.5, 0.6) is 0 Å². The van der Waals surface area contributed by atoms with Crippen LogP contribution in [-0.4, -0.2) is 14.7 Å². The zero-order valence-corrected chi connectivity index (χ0v) is 18.6. The van der Waals surface area contributed by atoms with Gasteiger partial charge in [-0.05, 0) is 68.7 Å². The SMILES string of the molecule is C[C@]12Cn3cnc(-c4ccc(F)cc4)c3C=C1CCC[C@@H]2[C@](C)(O)c1ccc(Cl)s1. The van der Waals surface area contributed by atoms with E-state index in [4.69, 9.17) is 11.6 Å². The molecule has 0 radical (unpaired) electrons. The lowest BCUT2D eigenvalue weighted by Crippen LogP contribution is -2.48. The van der Waals surface area contributed by atoms with Crippen molar-refractivity contribution in [2.75, 3.05) is 0 Å². The highest BCUT2D eigenvalue weighted by molar-refractivity contribution is 7.16. The van der Waals surface area contributed by atoms with Gasteiger partial charge in [0.15, 0.2) is 0 Å². The first-order chi connectivity index (χ1) is 14.3. The number of hydrogen-bond donors (Lipinski definition) is 1. The molecular formula is C24H24ClFN2OS. The molecule has 1 N–H and O–H groups in total. The van der Waals surface area contributed by atoms with E-state index in [1.165, 1.54) is 29.0 Å². The molecule has 1 saturated carbocycles.